The fraction of sp³-hybridized carbons (Fsp3) is 0.143. The molecule has 0 aliphatic rings. The minimum atomic E-state index is 0.846. The van der Waals surface area contributed by atoms with Crippen LogP contribution in [0.25, 0.3) is 11.0 Å². The largest absolute Gasteiger partial charge is 0.235 e. The van der Waals surface area contributed by atoms with Crippen LogP contribution >= 0.6 is 22.6 Å². The second-order valence-corrected chi connectivity index (χ2v) is 2.88. The van der Waals surface area contributed by atoms with Crippen molar-refractivity contribution in [3.8, 4) is 0 Å². The first-order chi connectivity index (χ1) is 5.42. The van der Waals surface area contributed by atoms with Gasteiger partial charge in [-0.3, -0.25) is 0 Å². The van der Waals surface area contributed by atoms with Crippen molar-refractivity contribution in [1.82, 2.24) is 15.0 Å². The molecule has 0 saturated heterocycles. The van der Waals surface area contributed by atoms with Gasteiger partial charge in [0.15, 0.2) is 0 Å². The molecule has 56 valence electrons. The van der Waals surface area contributed by atoms with Crippen molar-refractivity contribution in [3.63, 3.8) is 0 Å². The molecule has 11 heavy (non-hydrogen) atoms. The van der Waals surface area contributed by atoms with Crippen LogP contribution in [0, 0.1) is 0 Å². The Morgan fingerprint density at radius 1 is 1.36 bits per heavy atom. The highest BCUT2D eigenvalue weighted by Gasteiger charge is 1.99. The van der Waals surface area contributed by atoms with Gasteiger partial charge in [-0.2, -0.15) is 0 Å². The first-order valence-corrected chi connectivity index (χ1v) is 4.78. The molecule has 2 rings (SSSR count). The Morgan fingerprint density at radius 3 is 3.00 bits per heavy atom. The molecule has 4 heteroatoms. The Labute approximate surface area is 77.5 Å². The molecule has 0 atom stereocenters. The van der Waals surface area contributed by atoms with Gasteiger partial charge in [-0.25, -0.2) is 4.68 Å². The number of benzene rings is 1. The Morgan fingerprint density at radius 2 is 2.18 bits per heavy atom. The molecular formula is C7H6IN3. The smallest absolute Gasteiger partial charge is 0.113 e. The van der Waals surface area contributed by atoms with Crippen LogP contribution in [0.3, 0.4) is 0 Å². The number of nitrogens with zero attached hydrogens (tertiary/aromatic N) is 3. The normalized spacial score (nSPS) is 10.6. The van der Waals surface area contributed by atoms with Gasteiger partial charge in [-0.1, -0.05) is 39.9 Å². The summed E-state index contributed by atoms with van der Waals surface area (Å²) in [6, 6.07) is 7.95. The van der Waals surface area contributed by atoms with Gasteiger partial charge in [0.1, 0.15) is 5.52 Å². The fourth-order valence-electron chi connectivity index (χ4n) is 1.01. The monoisotopic (exact) mass is 259 g/mol. The zero-order valence-corrected chi connectivity index (χ0v) is 7.89. The highest BCUT2D eigenvalue weighted by atomic mass is 127. The van der Waals surface area contributed by atoms with E-state index in [0.717, 1.165) is 15.6 Å². The predicted molar refractivity (Wildman–Crippen MR) is 51.5 cm³/mol. The third-order valence-electron chi connectivity index (χ3n) is 1.53. The minimum absolute atomic E-state index is 0.846. The van der Waals surface area contributed by atoms with Gasteiger partial charge in [0.05, 0.1) is 10.1 Å². The van der Waals surface area contributed by atoms with Gasteiger partial charge in [0.2, 0.25) is 0 Å². The molecule has 0 unspecified atom stereocenters. The first-order valence-electron chi connectivity index (χ1n) is 3.26. The van der Waals surface area contributed by atoms with E-state index in [-0.39, 0.29) is 0 Å². The maximum absolute atomic E-state index is 4.00. The molecule has 0 fully saturated rings. The zero-order valence-electron chi connectivity index (χ0n) is 5.74. The van der Waals surface area contributed by atoms with Crippen LogP contribution in [0.4, 0.5) is 0 Å². The van der Waals surface area contributed by atoms with Gasteiger partial charge in [-0.05, 0) is 12.1 Å². The van der Waals surface area contributed by atoms with E-state index in [1.807, 2.05) is 28.9 Å². The summed E-state index contributed by atoms with van der Waals surface area (Å²) in [6.07, 6.45) is 0. The van der Waals surface area contributed by atoms with Gasteiger partial charge >= 0.3 is 0 Å². The van der Waals surface area contributed by atoms with Crippen LogP contribution in [-0.4, -0.2) is 15.0 Å². The standard InChI is InChI=1S/C7H6IN3/c8-5-11-7-4-2-1-3-6(7)9-10-11/h1-4H,5H2. The number of hydrogen-bond donors (Lipinski definition) is 0. The van der Waals surface area contributed by atoms with Crippen LogP contribution in [0.2, 0.25) is 0 Å². The molecule has 0 aliphatic carbocycles. The van der Waals surface area contributed by atoms with E-state index in [1.54, 1.807) is 0 Å². The molecule has 0 amide bonds. The number of para-hydroxylation sites is 1. The lowest BCUT2D eigenvalue weighted by molar-refractivity contribution is 0.736. The lowest BCUT2D eigenvalue weighted by Gasteiger charge is -1.92. The molecule has 0 radical (unpaired) electrons. The predicted octanol–water partition coefficient (Wildman–Crippen LogP) is 1.82. The van der Waals surface area contributed by atoms with Crippen molar-refractivity contribution < 1.29 is 0 Å². The number of fused-ring (bicyclic) bond motifs is 1. The van der Waals surface area contributed by atoms with E-state index in [9.17, 15) is 0 Å². The summed E-state index contributed by atoms with van der Waals surface area (Å²) >= 11 is 2.26. The molecular weight excluding hydrogens is 253 g/mol. The van der Waals surface area contributed by atoms with Crippen LogP contribution in [-0.2, 0) is 4.55 Å². The summed E-state index contributed by atoms with van der Waals surface area (Å²) < 4.78 is 2.72. The first kappa shape index (κ1) is 7.02. The van der Waals surface area contributed by atoms with Crippen LogP contribution < -0.4 is 0 Å². The SMILES string of the molecule is ICn1nnc2ccccc21. The molecule has 1 aromatic carbocycles. The van der Waals surface area contributed by atoms with Crippen molar-refractivity contribution >= 4 is 33.6 Å². The molecule has 0 bridgehead atoms. The summed E-state index contributed by atoms with van der Waals surface area (Å²) in [5.41, 5.74) is 2.06. The third-order valence-corrected chi connectivity index (χ3v) is 2.18. The maximum Gasteiger partial charge on any atom is 0.113 e. The molecule has 2 aromatic rings. The van der Waals surface area contributed by atoms with E-state index in [0.29, 0.717) is 0 Å². The number of rotatable bonds is 1. The average Bonchev–Trinajstić information content (AvgIpc) is 2.47. The average molecular weight is 259 g/mol. The number of alkyl halides is 1. The maximum atomic E-state index is 4.00. The Balaban J connectivity index is 2.76. The molecule has 0 N–H and O–H groups in total. The molecule has 0 spiro atoms. The highest BCUT2D eigenvalue weighted by molar-refractivity contribution is 14.1. The zero-order chi connectivity index (χ0) is 7.68. The molecule has 0 aliphatic heterocycles. The number of hydrogen-bond acceptors (Lipinski definition) is 2. The van der Waals surface area contributed by atoms with Crippen molar-refractivity contribution in [2.24, 2.45) is 0 Å². The summed E-state index contributed by atoms with van der Waals surface area (Å²) in [4.78, 5) is 0. The summed E-state index contributed by atoms with van der Waals surface area (Å²) in [5.74, 6) is 0. The number of aromatic nitrogens is 3. The Bertz CT molecular complexity index is 368. The number of halogens is 1. The van der Waals surface area contributed by atoms with Crippen molar-refractivity contribution in [3.05, 3.63) is 24.3 Å². The van der Waals surface area contributed by atoms with E-state index < -0.39 is 0 Å². The van der Waals surface area contributed by atoms with E-state index in [4.69, 9.17) is 0 Å². The summed E-state index contributed by atoms with van der Waals surface area (Å²) in [6.45, 7) is 0. The van der Waals surface area contributed by atoms with Gasteiger partial charge in [-0.15, -0.1) is 5.10 Å². The quantitative estimate of drug-likeness (QED) is 0.577. The highest BCUT2D eigenvalue weighted by Crippen LogP contribution is 2.10. The van der Waals surface area contributed by atoms with Crippen LogP contribution in [0.5, 0.6) is 0 Å². The molecule has 0 saturated carbocycles. The van der Waals surface area contributed by atoms with Crippen molar-refractivity contribution in [2.75, 3.05) is 0 Å². The van der Waals surface area contributed by atoms with Gasteiger partial charge in [0, 0.05) is 0 Å². The van der Waals surface area contributed by atoms with Crippen LogP contribution in [0.1, 0.15) is 0 Å². The fourth-order valence-corrected chi connectivity index (χ4v) is 1.51. The van der Waals surface area contributed by atoms with E-state index in [2.05, 4.69) is 32.9 Å². The van der Waals surface area contributed by atoms with Crippen LogP contribution in [0.15, 0.2) is 24.3 Å². The second-order valence-electron chi connectivity index (χ2n) is 2.20. The molecule has 1 heterocycles. The lowest BCUT2D eigenvalue weighted by atomic mass is 10.3. The van der Waals surface area contributed by atoms with E-state index in [1.165, 1.54) is 0 Å². The molecule has 1 aromatic heterocycles. The van der Waals surface area contributed by atoms with Gasteiger partial charge in [0.25, 0.3) is 0 Å². The van der Waals surface area contributed by atoms with E-state index >= 15 is 0 Å². The minimum Gasteiger partial charge on any atom is -0.235 e. The summed E-state index contributed by atoms with van der Waals surface area (Å²) in [7, 11) is 0. The Kier molecular flexibility index (Phi) is 1.77. The molecule has 3 nitrogen and oxygen atoms in total. The Hall–Kier alpha value is -0.650. The van der Waals surface area contributed by atoms with Crippen molar-refractivity contribution in [1.29, 1.82) is 0 Å². The lowest BCUT2D eigenvalue weighted by Crippen LogP contribution is -1.92. The topological polar surface area (TPSA) is 30.7 Å². The third kappa shape index (κ3) is 1.11. The second kappa shape index (κ2) is 2.77. The van der Waals surface area contributed by atoms with Gasteiger partial charge < -0.3 is 0 Å². The van der Waals surface area contributed by atoms with Crippen molar-refractivity contribution in [2.45, 2.75) is 4.55 Å². The summed E-state index contributed by atoms with van der Waals surface area (Å²) in [5, 5.41) is 7.97.